The van der Waals surface area contributed by atoms with Crippen molar-refractivity contribution < 1.29 is 52.7 Å². The average Bonchev–Trinajstić information content (AvgIpc) is 2.81. The molecule has 0 aliphatic rings. The summed E-state index contributed by atoms with van der Waals surface area (Å²) in [5.41, 5.74) is 4.66. The zero-order valence-corrected chi connectivity index (χ0v) is 24.8. The third kappa shape index (κ3) is 11.7. The maximum Gasteiger partial charge on any atom is 0.514 e. The molecule has 0 aliphatic heterocycles. The predicted molar refractivity (Wildman–Crippen MR) is 145 cm³/mol. The van der Waals surface area contributed by atoms with Gasteiger partial charge in [-0.15, -0.1) is 0 Å². The lowest BCUT2D eigenvalue weighted by atomic mass is 9.87. The van der Waals surface area contributed by atoms with Crippen molar-refractivity contribution in [3.63, 3.8) is 0 Å². The summed E-state index contributed by atoms with van der Waals surface area (Å²) < 4.78 is 31.6. The molecule has 0 radical (unpaired) electrons. The first-order valence-corrected chi connectivity index (χ1v) is 13.2. The molecular formula is C28H43NO11. The van der Waals surface area contributed by atoms with Crippen molar-refractivity contribution in [2.75, 3.05) is 0 Å². The third-order valence-corrected chi connectivity index (χ3v) is 6.14. The maximum absolute atomic E-state index is 12.6. The van der Waals surface area contributed by atoms with E-state index in [0.29, 0.717) is 18.4 Å². The monoisotopic (exact) mass is 569 g/mol. The highest BCUT2D eigenvalue weighted by atomic mass is 16.8. The molecule has 0 amide bonds. The summed E-state index contributed by atoms with van der Waals surface area (Å²) in [4.78, 5) is 48.9. The molecule has 0 aliphatic carbocycles. The van der Waals surface area contributed by atoms with Crippen LogP contribution in [0.25, 0.3) is 0 Å². The fourth-order valence-electron chi connectivity index (χ4n) is 3.19. The largest absolute Gasteiger partial charge is 0.514 e. The van der Waals surface area contributed by atoms with E-state index in [0.717, 1.165) is 0 Å². The molecule has 3 N–H and O–H groups in total. The molecule has 0 spiro atoms. The van der Waals surface area contributed by atoms with Crippen molar-refractivity contribution in [3.8, 4) is 11.5 Å². The Balaban J connectivity index is 3.42. The van der Waals surface area contributed by atoms with Gasteiger partial charge in [-0.25, -0.2) is 14.4 Å². The van der Waals surface area contributed by atoms with Gasteiger partial charge in [0, 0.05) is 5.92 Å². The van der Waals surface area contributed by atoms with Gasteiger partial charge >= 0.3 is 24.4 Å². The summed E-state index contributed by atoms with van der Waals surface area (Å²) in [7, 11) is 0. The molecule has 0 heterocycles. The highest BCUT2D eigenvalue weighted by Gasteiger charge is 2.31. The molecule has 12 heteroatoms. The molecule has 12 nitrogen and oxygen atoms in total. The summed E-state index contributed by atoms with van der Waals surface area (Å²) in [5, 5.41) is 9.65. The first-order valence-electron chi connectivity index (χ1n) is 13.2. The second-order valence-corrected chi connectivity index (χ2v) is 10.9. The number of carboxylic acid groups (broad SMARTS) is 1. The second-order valence-electron chi connectivity index (χ2n) is 10.9. The van der Waals surface area contributed by atoms with Crippen molar-refractivity contribution in [2.24, 2.45) is 5.73 Å². The van der Waals surface area contributed by atoms with E-state index in [4.69, 9.17) is 34.2 Å². The number of rotatable bonds is 13. The molecule has 0 fully saturated rings. The Morgan fingerprint density at radius 3 is 1.77 bits per heavy atom. The second kappa shape index (κ2) is 14.7. The van der Waals surface area contributed by atoms with Crippen LogP contribution in [0.4, 0.5) is 14.4 Å². The summed E-state index contributed by atoms with van der Waals surface area (Å²) >= 11 is 0. The van der Waals surface area contributed by atoms with E-state index in [-0.39, 0.29) is 17.9 Å². The van der Waals surface area contributed by atoms with Gasteiger partial charge in [-0.2, -0.15) is 0 Å². The topological polar surface area (TPSA) is 170 Å². The van der Waals surface area contributed by atoms with Crippen molar-refractivity contribution in [2.45, 2.75) is 117 Å². The molecular weight excluding hydrogens is 526 g/mol. The molecule has 1 rings (SSSR count). The van der Waals surface area contributed by atoms with E-state index in [2.05, 4.69) is 0 Å². The molecule has 2 unspecified atom stereocenters. The number of hydrogen-bond acceptors (Lipinski definition) is 11. The zero-order valence-electron chi connectivity index (χ0n) is 24.8. The standard InChI is InChI=1S/C28H43NO11/c1-10-27(6,7)39-25(33)37-20-13-12-18(15-21(20)38-26(34)40-28(8,9)11-2)19(22(29)23(30)31)14-17(5)36-24(32)35-16(3)4/h12-13,15-17,19,22H,10-11,14,29H2,1-9H3,(H,30,31)/t17?,19?,22-/m0/s1. The quantitative estimate of drug-likeness (QED) is 0.163. The van der Waals surface area contributed by atoms with Gasteiger partial charge in [0.2, 0.25) is 0 Å². The molecule has 0 saturated carbocycles. The van der Waals surface area contributed by atoms with E-state index >= 15 is 0 Å². The van der Waals surface area contributed by atoms with Gasteiger partial charge in [-0.1, -0.05) is 19.9 Å². The van der Waals surface area contributed by atoms with Crippen LogP contribution in [-0.4, -0.2) is 59.0 Å². The Morgan fingerprint density at radius 1 is 0.825 bits per heavy atom. The first-order chi connectivity index (χ1) is 18.4. The SMILES string of the molecule is CCC(C)(C)OC(=O)Oc1ccc(C(CC(C)OC(=O)OC(C)C)[C@H](N)C(=O)O)cc1OC(=O)OC(C)(C)CC. The minimum Gasteiger partial charge on any atom is -0.480 e. The summed E-state index contributed by atoms with van der Waals surface area (Å²) in [6.45, 7) is 15.3. The molecule has 0 aromatic heterocycles. The normalized spacial score (nSPS) is 14.0. The lowest BCUT2D eigenvalue weighted by Gasteiger charge is -2.26. The van der Waals surface area contributed by atoms with Gasteiger partial charge in [-0.05, 0) is 85.4 Å². The summed E-state index contributed by atoms with van der Waals surface area (Å²) in [6.07, 6.45) is -3.20. The Bertz CT molecular complexity index is 1040. The van der Waals surface area contributed by atoms with Crippen LogP contribution in [0.15, 0.2) is 18.2 Å². The Morgan fingerprint density at radius 2 is 1.32 bits per heavy atom. The van der Waals surface area contributed by atoms with Crippen LogP contribution in [0.3, 0.4) is 0 Å². The third-order valence-electron chi connectivity index (χ3n) is 6.14. The van der Waals surface area contributed by atoms with E-state index < -0.39 is 59.8 Å². The van der Waals surface area contributed by atoms with Crippen molar-refractivity contribution in [1.82, 2.24) is 0 Å². The maximum atomic E-state index is 12.6. The van der Waals surface area contributed by atoms with Crippen LogP contribution < -0.4 is 15.2 Å². The molecule has 1 aromatic rings. The number of aliphatic carboxylic acids is 1. The van der Waals surface area contributed by atoms with Crippen molar-refractivity contribution >= 4 is 24.4 Å². The van der Waals surface area contributed by atoms with E-state index in [1.807, 2.05) is 13.8 Å². The molecule has 0 bridgehead atoms. The van der Waals surface area contributed by atoms with Gasteiger partial charge in [0.15, 0.2) is 11.5 Å². The van der Waals surface area contributed by atoms with E-state index in [1.165, 1.54) is 18.2 Å². The minimum absolute atomic E-state index is 0.0135. The number of carbonyl (C=O) groups excluding carboxylic acids is 3. The number of carbonyl (C=O) groups is 4. The molecule has 1 aromatic carbocycles. The van der Waals surface area contributed by atoms with Gasteiger partial charge < -0.3 is 39.3 Å². The number of hydrogen-bond donors (Lipinski definition) is 2. The number of ether oxygens (including phenoxy) is 6. The molecule has 3 atom stereocenters. The first kappa shape index (κ1) is 34.5. The van der Waals surface area contributed by atoms with Gasteiger partial charge in [0.25, 0.3) is 0 Å². The van der Waals surface area contributed by atoms with Crippen molar-refractivity contribution in [3.05, 3.63) is 23.8 Å². The van der Waals surface area contributed by atoms with Gasteiger partial charge in [-0.3, -0.25) is 4.79 Å². The summed E-state index contributed by atoms with van der Waals surface area (Å²) in [5.74, 6) is -2.61. The Kier molecular flexibility index (Phi) is 12.7. The van der Waals surface area contributed by atoms with Crippen LogP contribution in [-0.2, 0) is 23.7 Å². The fraction of sp³-hybridized carbons (Fsp3) is 0.643. The Labute approximate surface area is 235 Å². The highest BCUT2D eigenvalue weighted by molar-refractivity contribution is 5.75. The Hall–Kier alpha value is -3.54. The van der Waals surface area contributed by atoms with Crippen LogP contribution in [0, 0.1) is 0 Å². The zero-order chi connectivity index (χ0) is 30.8. The number of benzene rings is 1. The lowest BCUT2D eigenvalue weighted by molar-refractivity contribution is -0.139. The van der Waals surface area contributed by atoms with Crippen LogP contribution >= 0.6 is 0 Å². The fourth-order valence-corrected chi connectivity index (χ4v) is 3.19. The summed E-state index contributed by atoms with van der Waals surface area (Å²) in [6, 6.07) is 2.69. The van der Waals surface area contributed by atoms with E-state index in [9.17, 15) is 24.3 Å². The van der Waals surface area contributed by atoms with Crippen molar-refractivity contribution in [1.29, 1.82) is 0 Å². The van der Waals surface area contributed by atoms with E-state index in [1.54, 1.807) is 48.5 Å². The molecule has 226 valence electrons. The van der Waals surface area contributed by atoms with Crippen LogP contribution in [0.1, 0.15) is 93.1 Å². The average molecular weight is 570 g/mol. The molecule has 0 saturated heterocycles. The van der Waals surface area contributed by atoms with Crippen LogP contribution in [0.2, 0.25) is 0 Å². The highest BCUT2D eigenvalue weighted by Crippen LogP contribution is 2.35. The number of carboxylic acids is 1. The molecule has 40 heavy (non-hydrogen) atoms. The smallest absolute Gasteiger partial charge is 0.480 e. The van der Waals surface area contributed by atoms with Gasteiger partial charge in [0.05, 0.1) is 6.10 Å². The lowest BCUT2D eigenvalue weighted by Crippen LogP contribution is -2.38. The minimum atomic E-state index is -1.42. The van der Waals surface area contributed by atoms with Crippen LogP contribution in [0.5, 0.6) is 11.5 Å². The predicted octanol–water partition coefficient (Wildman–Crippen LogP) is 5.93. The number of nitrogens with two attached hydrogens (primary N) is 1. The van der Waals surface area contributed by atoms with Gasteiger partial charge in [0.1, 0.15) is 23.3 Å².